The Balaban J connectivity index is 1.80. The van der Waals surface area contributed by atoms with Gasteiger partial charge in [0.15, 0.2) is 5.76 Å². The van der Waals surface area contributed by atoms with Gasteiger partial charge in [0.05, 0.1) is 11.6 Å². The van der Waals surface area contributed by atoms with E-state index in [-0.39, 0.29) is 17.8 Å². The number of fused-ring (bicyclic) bond motifs is 1. The van der Waals surface area contributed by atoms with Crippen molar-refractivity contribution in [2.75, 3.05) is 0 Å². The van der Waals surface area contributed by atoms with Gasteiger partial charge in [0.1, 0.15) is 12.2 Å². The lowest BCUT2D eigenvalue weighted by Gasteiger charge is -2.10. The molecular weight excluding hydrogens is 316 g/mol. The number of hydrogen-bond donors (Lipinski definition) is 0. The van der Waals surface area contributed by atoms with Gasteiger partial charge in [-0.05, 0) is 36.8 Å². The van der Waals surface area contributed by atoms with Crippen LogP contribution < -0.4 is 10.2 Å². The molecule has 0 atom stereocenters. The summed E-state index contributed by atoms with van der Waals surface area (Å²) in [4.78, 5) is 12.9. The number of hydrogen-bond acceptors (Lipinski definition) is 4. The second-order valence-electron chi connectivity index (χ2n) is 5.84. The molecule has 0 unspecified atom stereocenters. The molecule has 0 aliphatic rings. The zero-order chi connectivity index (χ0) is 17.2. The summed E-state index contributed by atoms with van der Waals surface area (Å²) in [7, 11) is 0. The topological polar surface area (TPSA) is 52.6 Å². The molecule has 0 radical (unpaired) electrons. The first-order chi connectivity index (χ1) is 12.2. The van der Waals surface area contributed by atoms with E-state index >= 15 is 0 Å². The molecule has 4 rings (SSSR count). The standard InChI is InChI=1S/C21H16O4/c1-14-8-10-15(11-9-14)13-24-21-19(22)16-5-2-3-6-17(16)25-20(21)18-7-4-12-23-18/h2-12H,13H2,1H3. The number of furan rings is 1. The van der Waals surface area contributed by atoms with E-state index in [1.165, 1.54) is 11.8 Å². The van der Waals surface area contributed by atoms with E-state index in [0.717, 1.165) is 5.56 Å². The Morgan fingerprint density at radius 1 is 0.960 bits per heavy atom. The van der Waals surface area contributed by atoms with Crippen LogP contribution in [-0.4, -0.2) is 0 Å². The normalized spacial score (nSPS) is 10.9. The summed E-state index contributed by atoms with van der Waals surface area (Å²) in [5.41, 5.74) is 2.44. The SMILES string of the molecule is Cc1ccc(COc2c(-c3ccco3)oc3ccccc3c2=O)cc1. The lowest BCUT2D eigenvalue weighted by molar-refractivity contribution is 0.296. The second-order valence-corrected chi connectivity index (χ2v) is 5.84. The summed E-state index contributed by atoms with van der Waals surface area (Å²) in [6.07, 6.45) is 1.54. The molecule has 0 saturated heterocycles. The Bertz CT molecular complexity index is 1060. The smallest absolute Gasteiger partial charge is 0.235 e. The van der Waals surface area contributed by atoms with Gasteiger partial charge in [-0.25, -0.2) is 0 Å². The fraction of sp³-hybridized carbons (Fsp3) is 0.0952. The predicted octanol–water partition coefficient (Wildman–Crippen LogP) is 4.94. The third kappa shape index (κ3) is 2.94. The fourth-order valence-corrected chi connectivity index (χ4v) is 2.67. The molecule has 0 saturated carbocycles. The summed E-state index contributed by atoms with van der Waals surface area (Å²) in [5.74, 6) is 0.928. The van der Waals surface area contributed by atoms with Crippen LogP contribution in [-0.2, 0) is 6.61 Å². The van der Waals surface area contributed by atoms with Crippen LogP contribution in [0.15, 0.2) is 80.6 Å². The zero-order valence-corrected chi connectivity index (χ0v) is 13.7. The molecule has 0 spiro atoms. The molecule has 0 aliphatic heterocycles. The number of para-hydroxylation sites is 1. The van der Waals surface area contributed by atoms with Crippen molar-refractivity contribution in [2.45, 2.75) is 13.5 Å². The third-order valence-electron chi connectivity index (χ3n) is 4.00. The van der Waals surface area contributed by atoms with Crippen LogP contribution in [0.25, 0.3) is 22.5 Å². The average molecular weight is 332 g/mol. The Hall–Kier alpha value is -3.27. The van der Waals surface area contributed by atoms with E-state index < -0.39 is 0 Å². The lowest BCUT2D eigenvalue weighted by atomic mass is 10.1. The molecule has 0 N–H and O–H groups in total. The minimum Gasteiger partial charge on any atom is -0.481 e. The van der Waals surface area contributed by atoms with Gasteiger partial charge in [0, 0.05) is 0 Å². The molecule has 4 nitrogen and oxygen atoms in total. The molecular formula is C21H16O4. The first-order valence-corrected chi connectivity index (χ1v) is 8.00. The summed E-state index contributed by atoms with van der Waals surface area (Å²) in [5, 5.41) is 0.483. The summed E-state index contributed by atoms with van der Waals surface area (Å²) >= 11 is 0. The maximum absolute atomic E-state index is 12.9. The third-order valence-corrected chi connectivity index (χ3v) is 4.00. The van der Waals surface area contributed by atoms with Crippen molar-refractivity contribution in [2.24, 2.45) is 0 Å². The molecule has 25 heavy (non-hydrogen) atoms. The van der Waals surface area contributed by atoms with Gasteiger partial charge >= 0.3 is 0 Å². The Morgan fingerprint density at radius 3 is 2.52 bits per heavy atom. The second kappa shape index (κ2) is 6.32. The van der Waals surface area contributed by atoms with Crippen molar-refractivity contribution in [1.29, 1.82) is 0 Å². The summed E-state index contributed by atoms with van der Waals surface area (Å²) in [6.45, 7) is 2.30. The highest BCUT2D eigenvalue weighted by molar-refractivity contribution is 5.81. The quantitative estimate of drug-likeness (QED) is 0.531. The van der Waals surface area contributed by atoms with Crippen LogP contribution in [0.2, 0.25) is 0 Å². The van der Waals surface area contributed by atoms with Gasteiger partial charge in [-0.2, -0.15) is 0 Å². The Kier molecular flexibility index (Phi) is 3.86. The Morgan fingerprint density at radius 2 is 1.76 bits per heavy atom. The molecule has 2 heterocycles. The number of rotatable bonds is 4. The molecule has 0 aliphatic carbocycles. The van der Waals surface area contributed by atoms with E-state index in [4.69, 9.17) is 13.6 Å². The highest BCUT2D eigenvalue weighted by Crippen LogP contribution is 2.31. The van der Waals surface area contributed by atoms with E-state index in [1.54, 1.807) is 30.3 Å². The molecule has 0 fully saturated rings. The maximum atomic E-state index is 12.9. The van der Waals surface area contributed by atoms with E-state index in [1.807, 2.05) is 37.3 Å². The van der Waals surface area contributed by atoms with E-state index in [2.05, 4.69) is 0 Å². The van der Waals surface area contributed by atoms with Gasteiger partial charge in [0.25, 0.3) is 0 Å². The molecule has 4 heteroatoms. The minimum absolute atomic E-state index is 0.161. The van der Waals surface area contributed by atoms with Crippen LogP contribution in [0.1, 0.15) is 11.1 Å². The van der Waals surface area contributed by atoms with Crippen molar-refractivity contribution in [3.63, 3.8) is 0 Å². The van der Waals surface area contributed by atoms with Crippen molar-refractivity contribution in [3.05, 3.63) is 88.3 Å². The van der Waals surface area contributed by atoms with Crippen molar-refractivity contribution in [1.82, 2.24) is 0 Å². The molecule has 2 aromatic heterocycles. The van der Waals surface area contributed by atoms with E-state index in [9.17, 15) is 4.79 Å². The highest BCUT2D eigenvalue weighted by atomic mass is 16.5. The fourth-order valence-electron chi connectivity index (χ4n) is 2.67. The lowest BCUT2D eigenvalue weighted by Crippen LogP contribution is -2.10. The highest BCUT2D eigenvalue weighted by Gasteiger charge is 2.19. The molecule has 124 valence electrons. The van der Waals surface area contributed by atoms with E-state index in [0.29, 0.717) is 22.5 Å². The first kappa shape index (κ1) is 15.3. The first-order valence-electron chi connectivity index (χ1n) is 8.00. The zero-order valence-electron chi connectivity index (χ0n) is 13.7. The monoisotopic (exact) mass is 332 g/mol. The Labute approximate surface area is 144 Å². The predicted molar refractivity (Wildman–Crippen MR) is 95.7 cm³/mol. The van der Waals surface area contributed by atoms with Crippen LogP contribution in [0, 0.1) is 6.92 Å². The molecule has 0 amide bonds. The van der Waals surface area contributed by atoms with Gasteiger partial charge < -0.3 is 13.6 Å². The number of aryl methyl sites for hydroxylation is 1. The molecule has 4 aromatic rings. The largest absolute Gasteiger partial charge is 0.481 e. The number of ether oxygens (including phenoxy) is 1. The van der Waals surface area contributed by atoms with Gasteiger partial charge in [-0.15, -0.1) is 0 Å². The molecule has 2 aromatic carbocycles. The van der Waals surface area contributed by atoms with Crippen molar-refractivity contribution >= 4 is 11.0 Å². The summed E-state index contributed by atoms with van der Waals surface area (Å²) < 4.78 is 17.2. The average Bonchev–Trinajstić information content (AvgIpc) is 3.17. The minimum atomic E-state index is -0.208. The summed E-state index contributed by atoms with van der Waals surface area (Å²) in [6, 6.07) is 18.6. The van der Waals surface area contributed by atoms with Crippen LogP contribution in [0.3, 0.4) is 0 Å². The van der Waals surface area contributed by atoms with Crippen LogP contribution >= 0.6 is 0 Å². The van der Waals surface area contributed by atoms with Crippen molar-refractivity contribution in [3.8, 4) is 17.3 Å². The van der Waals surface area contributed by atoms with Gasteiger partial charge in [0.2, 0.25) is 16.9 Å². The van der Waals surface area contributed by atoms with Crippen LogP contribution in [0.4, 0.5) is 0 Å². The maximum Gasteiger partial charge on any atom is 0.235 e. The van der Waals surface area contributed by atoms with Crippen molar-refractivity contribution < 1.29 is 13.6 Å². The van der Waals surface area contributed by atoms with Crippen LogP contribution in [0.5, 0.6) is 5.75 Å². The number of benzene rings is 2. The molecule has 0 bridgehead atoms. The van der Waals surface area contributed by atoms with Gasteiger partial charge in [-0.1, -0.05) is 42.0 Å². The van der Waals surface area contributed by atoms with Gasteiger partial charge in [-0.3, -0.25) is 4.79 Å².